The molecule has 0 aromatic heterocycles. The maximum absolute atomic E-state index is 10.4. The quantitative estimate of drug-likeness (QED) is 0.470. The lowest BCUT2D eigenvalue weighted by Gasteiger charge is -2.06. The molecule has 62 valence electrons. The molecular weight excluding hydrogens is 150 g/mol. The van der Waals surface area contributed by atoms with Crippen molar-refractivity contribution in [3.8, 4) is 0 Å². The zero-order valence-corrected chi connectivity index (χ0v) is 5.90. The summed E-state index contributed by atoms with van der Waals surface area (Å²) in [5.41, 5.74) is 0. The molecule has 2 atom stereocenters. The Bertz CT molecular complexity index is 171. The number of rotatable bonds is 2. The highest BCUT2D eigenvalue weighted by atomic mass is 16.6. The molecule has 0 aromatic rings. The maximum Gasteiger partial charge on any atom is 0.313 e. The van der Waals surface area contributed by atoms with Crippen LogP contribution in [-0.4, -0.2) is 22.0 Å². The summed E-state index contributed by atoms with van der Waals surface area (Å²) < 4.78 is 0. The number of carboxylic acids is 1. The first-order valence-corrected chi connectivity index (χ1v) is 3.49. The average molecular weight is 159 g/mol. The molecule has 0 aliphatic heterocycles. The second-order valence-electron chi connectivity index (χ2n) is 2.73. The van der Waals surface area contributed by atoms with E-state index in [2.05, 4.69) is 0 Å². The van der Waals surface area contributed by atoms with Crippen molar-refractivity contribution in [1.29, 1.82) is 0 Å². The predicted octanol–water partition coefficient (Wildman–Crippen LogP) is 0.516. The topological polar surface area (TPSA) is 80.4 Å². The summed E-state index contributed by atoms with van der Waals surface area (Å²) >= 11 is 0. The first kappa shape index (κ1) is 7.97. The van der Waals surface area contributed by atoms with Crippen molar-refractivity contribution in [2.75, 3.05) is 0 Å². The third kappa shape index (κ3) is 1.47. The number of carbonyl (C=O) groups is 1. The maximum atomic E-state index is 10.4. The number of nitro groups is 1. The van der Waals surface area contributed by atoms with Crippen molar-refractivity contribution >= 4 is 5.97 Å². The normalized spacial score (nSPS) is 30.2. The van der Waals surface area contributed by atoms with Crippen LogP contribution in [0.15, 0.2) is 0 Å². The van der Waals surface area contributed by atoms with Gasteiger partial charge in [0, 0.05) is 11.3 Å². The van der Waals surface area contributed by atoms with E-state index in [9.17, 15) is 14.9 Å². The summed E-state index contributed by atoms with van der Waals surface area (Å²) in [5, 5.41) is 18.8. The second kappa shape index (κ2) is 2.86. The Morgan fingerprint density at radius 3 is 2.55 bits per heavy atom. The van der Waals surface area contributed by atoms with Gasteiger partial charge in [0.15, 0.2) is 0 Å². The third-order valence-electron chi connectivity index (χ3n) is 2.07. The van der Waals surface area contributed by atoms with Gasteiger partial charge in [-0.05, 0) is 12.8 Å². The van der Waals surface area contributed by atoms with Gasteiger partial charge in [-0.3, -0.25) is 14.9 Å². The molecular formula is C6H9NO4. The Kier molecular flexibility index (Phi) is 2.07. The lowest BCUT2D eigenvalue weighted by atomic mass is 10.1. The molecule has 11 heavy (non-hydrogen) atoms. The summed E-state index contributed by atoms with van der Waals surface area (Å²) in [4.78, 5) is 20.2. The van der Waals surface area contributed by atoms with Crippen molar-refractivity contribution < 1.29 is 14.8 Å². The summed E-state index contributed by atoms with van der Waals surface area (Å²) in [6.07, 6.45) is 1.51. The monoisotopic (exact) mass is 159 g/mol. The van der Waals surface area contributed by atoms with Gasteiger partial charge in [-0.15, -0.1) is 0 Å². The van der Waals surface area contributed by atoms with Gasteiger partial charge in [0.25, 0.3) is 0 Å². The first-order valence-electron chi connectivity index (χ1n) is 3.49. The molecule has 0 spiro atoms. The molecule has 1 rings (SSSR count). The van der Waals surface area contributed by atoms with Gasteiger partial charge in [0.1, 0.15) is 5.92 Å². The summed E-state index contributed by atoms with van der Waals surface area (Å²) in [6, 6.07) is -0.854. The van der Waals surface area contributed by atoms with Gasteiger partial charge >= 0.3 is 5.97 Å². The average Bonchev–Trinajstić information content (AvgIpc) is 2.32. The van der Waals surface area contributed by atoms with Crippen LogP contribution < -0.4 is 0 Å². The van der Waals surface area contributed by atoms with Gasteiger partial charge in [0.2, 0.25) is 6.04 Å². The number of carboxylic acid groups (broad SMARTS) is 1. The Labute approximate surface area is 63.2 Å². The highest BCUT2D eigenvalue weighted by Gasteiger charge is 2.41. The van der Waals surface area contributed by atoms with E-state index in [1.165, 1.54) is 0 Å². The number of hydrogen-bond donors (Lipinski definition) is 1. The van der Waals surface area contributed by atoms with Crippen molar-refractivity contribution in [1.82, 2.24) is 0 Å². The Morgan fingerprint density at radius 2 is 2.18 bits per heavy atom. The second-order valence-corrected chi connectivity index (χ2v) is 2.73. The summed E-state index contributed by atoms with van der Waals surface area (Å²) in [6.45, 7) is 0. The minimum absolute atomic E-state index is 0.407. The predicted molar refractivity (Wildman–Crippen MR) is 35.8 cm³/mol. The molecule has 1 aliphatic rings. The Morgan fingerprint density at radius 1 is 1.55 bits per heavy atom. The SMILES string of the molecule is O=C(O)C1CCCC1[N+](=O)[O-]. The van der Waals surface area contributed by atoms with Crippen molar-refractivity contribution in [2.24, 2.45) is 5.92 Å². The zero-order valence-electron chi connectivity index (χ0n) is 5.90. The fraction of sp³-hybridized carbons (Fsp3) is 0.833. The molecule has 0 radical (unpaired) electrons. The van der Waals surface area contributed by atoms with Gasteiger partial charge < -0.3 is 5.11 Å². The molecule has 1 aliphatic carbocycles. The van der Waals surface area contributed by atoms with E-state index in [0.29, 0.717) is 19.3 Å². The Balaban J connectivity index is 2.65. The summed E-state index contributed by atoms with van der Waals surface area (Å²) in [5.74, 6) is -1.80. The molecule has 5 nitrogen and oxygen atoms in total. The first-order chi connectivity index (χ1) is 5.13. The molecule has 1 N–H and O–H groups in total. The summed E-state index contributed by atoms with van der Waals surface area (Å²) in [7, 11) is 0. The van der Waals surface area contributed by atoms with Crippen LogP contribution in [0, 0.1) is 16.0 Å². The molecule has 0 aromatic carbocycles. The van der Waals surface area contributed by atoms with Crippen LogP contribution in [0.5, 0.6) is 0 Å². The number of aliphatic carboxylic acids is 1. The smallest absolute Gasteiger partial charge is 0.313 e. The van der Waals surface area contributed by atoms with Crippen LogP contribution in [-0.2, 0) is 4.79 Å². The van der Waals surface area contributed by atoms with E-state index in [4.69, 9.17) is 5.11 Å². The van der Waals surface area contributed by atoms with Crippen LogP contribution in [0.3, 0.4) is 0 Å². The zero-order chi connectivity index (χ0) is 8.43. The number of hydrogen-bond acceptors (Lipinski definition) is 3. The van der Waals surface area contributed by atoms with Crippen LogP contribution in [0.2, 0.25) is 0 Å². The number of nitrogens with zero attached hydrogens (tertiary/aromatic N) is 1. The minimum Gasteiger partial charge on any atom is -0.481 e. The van der Waals surface area contributed by atoms with Crippen molar-refractivity contribution in [3.05, 3.63) is 10.1 Å². The van der Waals surface area contributed by atoms with Gasteiger partial charge in [0.05, 0.1) is 0 Å². The lowest BCUT2D eigenvalue weighted by molar-refractivity contribution is -0.526. The Hall–Kier alpha value is -1.13. The van der Waals surface area contributed by atoms with E-state index in [0.717, 1.165) is 0 Å². The fourth-order valence-electron chi connectivity index (χ4n) is 1.48. The van der Waals surface area contributed by atoms with Crippen LogP contribution >= 0.6 is 0 Å². The van der Waals surface area contributed by atoms with Crippen LogP contribution in [0.4, 0.5) is 0 Å². The lowest BCUT2D eigenvalue weighted by Crippen LogP contribution is -2.29. The van der Waals surface area contributed by atoms with Gasteiger partial charge in [-0.1, -0.05) is 0 Å². The molecule has 0 heterocycles. The van der Waals surface area contributed by atoms with Crippen LogP contribution in [0.1, 0.15) is 19.3 Å². The molecule has 0 bridgehead atoms. The molecule has 1 fully saturated rings. The molecule has 1 saturated carbocycles. The van der Waals surface area contributed by atoms with Crippen molar-refractivity contribution in [2.45, 2.75) is 25.3 Å². The third-order valence-corrected chi connectivity index (χ3v) is 2.07. The molecule has 0 amide bonds. The fourth-order valence-corrected chi connectivity index (χ4v) is 1.48. The largest absolute Gasteiger partial charge is 0.481 e. The highest BCUT2D eigenvalue weighted by Crippen LogP contribution is 2.27. The van der Waals surface area contributed by atoms with Gasteiger partial charge in [-0.25, -0.2) is 0 Å². The highest BCUT2D eigenvalue weighted by molar-refractivity contribution is 5.71. The molecule has 0 saturated heterocycles. The van der Waals surface area contributed by atoms with Crippen molar-refractivity contribution in [3.63, 3.8) is 0 Å². The van der Waals surface area contributed by atoms with E-state index in [-0.39, 0.29) is 0 Å². The van der Waals surface area contributed by atoms with E-state index < -0.39 is 22.9 Å². The van der Waals surface area contributed by atoms with E-state index in [1.54, 1.807) is 0 Å². The van der Waals surface area contributed by atoms with E-state index >= 15 is 0 Å². The molecule has 5 heteroatoms. The van der Waals surface area contributed by atoms with Gasteiger partial charge in [-0.2, -0.15) is 0 Å². The van der Waals surface area contributed by atoms with Crippen LogP contribution in [0.25, 0.3) is 0 Å². The standard InChI is InChI=1S/C6H9NO4/c8-6(9)4-2-1-3-5(4)7(10)11/h4-5H,1-3H2,(H,8,9). The van der Waals surface area contributed by atoms with E-state index in [1.807, 2.05) is 0 Å². The molecule has 2 unspecified atom stereocenters. The minimum atomic E-state index is -1.04.